The smallest absolute Gasteiger partial charge is 0.252 e. The fourth-order valence-corrected chi connectivity index (χ4v) is 4.37. The number of nitrogens with one attached hydrogen (secondary N) is 2. The molecule has 0 radical (unpaired) electrons. The molecule has 1 aliphatic heterocycles. The van der Waals surface area contributed by atoms with E-state index >= 15 is 0 Å². The van der Waals surface area contributed by atoms with Crippen molar-refractivity contribution in [3.05, 3.63) is 58.8 Å². The highest BCUT2D eigenvalue weighted by molar-refractivity contribution is 6.38. The minimum absolute atomic E-state index is 0.0573. The quantitative estimate of drug-likeness (QED) is 0.651. The molecule has 3 heterocycles. The molecule has 0 spiro atoms. The van der Waals surface area contributed by atoms with E-state index in [1.165, 1.54) is 0 Å². The van der Waals surface area contributed by atoms with Gasteiger partial charge in [-0.25, -0.2) is 9.97 Å². The number of amides is 1. The van der Waals surface area contributed by atoms with Gasteiger partial charge in [-0.2, -0.15) is 0 Å². The molecule has 1 aliphatic rings. The number of carbonyl (C=O) groups is 1. The Bertz CT molecular complexity index is 1030. The molecule has 3 atom stereocenters. The first-order chi connectivity index (χ1) is 14.4. The summed E-state index contributed by atoms with van der Waals surface area (Å²) in [5.41, 5.74) is 2.34. The minimum atomic E-state index is -0.199. The van der Waals surface area contributed by atoms with Gasteiger partial charge >= 0.3 is 0 Å². The van der Waals surface area contributed by atoms with E-state index in [4.69, 9.17) is 16.3 Å². The number of H-pyrrole nitrogens is 1. The van der Waals surface area contributed by atoms with Gasteiger partial charge in [0, 0.05) is 54.7 Å². The molecule has 0 bridgehead atoms. The number of ether oxygens (including phenoxy) is 1. The Hall–Kier alpha value is -2.48. The normalized spacial score (nSPS) is 20.9. The Morgan fingerprint density at radius 2 is 1.97 bits per heavy atom. The van der Waals surface area contributed by atoms with Crippen LogP contribution in [0.5, 0.6) is 0 Å². The fourth-order valence-electron chi connectivity index (χ4n) is 4.06. The third-order valence-corrected chi connectivity index (χ3v) is 5.85. The maximum Gasteiger partial charge on any atom is 0.252 e. The number of hydrogen-bond donors (Lipinski definition) is 2. The van der Waals surface area contributed by atoms with Gasteiger partial charge in [0.2, 0.25) is 0 Å². The third-order valence-electron chi connectivity index (χ3n) is 5.44. The standard InChI is InChI=1S/C22H26ClN5O2/c1-13-11-28(12-14(2)30-13)20(16-8-25-15(3)26-9-16)10-27-22(29)18-4-5-19-17(21(18)23)6-7-24-19/h4-9,13-14,20,24H,10-12H2,1-3H3,(H,27,29). The molecule has 8 heteroatoms. The van der Waals surface area contributed by atoms with E-state index in [0.717, 1.165) is 35.4 Å². The number of aryl methyl sites for hydroxylation is 1. The van der Waals surface area contributed by atoms with Crippen molar-refractivity contribution >= 4 is 28.4 Å². The summed E-state index contributed by atoms with van der Waals surface area (Å²) in [5.74, 6) is 0.521. The summed E-state index contributed by atoms with van der Waals surface area (Å²) in [6, 6.07) is 5.43. The molecule has 0 saturated carbocycles. The molecule has 158 valence electrons. The van der Waals surface area contributed by atoms with Gasteiger partial charge in [0.25, 0.3) is 5.91 Å². The van der Waals surface area contributed by atoms with Crippen LogP contribution in [-0.4, -0.2) is 57.6 Å². The maximum absolute atomic E-state index is 13.0. The molecule has 2 aromatic heterocycles. The number of benzene rings is 1. The summed E-state index contributed by atoms with van der Waals surface area (Å²) in [4.78, 5) is 27.1. The van der Waals surface area contributed by atoms with Gasteiger partial charge in [0.05, 0.1) is 28.8 Å². The van der Waals surface area contributed by atoms with Crippen molar-refractivity contribution in [2.45, 2.75) is 39.0 Å². The first-order valence-electron chi connectivity index (χ1n) is 10.1. The van der Waals surface area contributed by atoms with Crippen LogP contribution in [0.15, 0.2) is 36.8 Å². The topological polar surface area (TPSA) is 83.1 Å². The van der Waals surface area contributed by atoms with Crippen LogP contribution in [0.4, 0.5) is 0 Å². The van der Waals surface area contributed by atoms with Crippen LogP contribution in [-0.2, 0) is 4.74 Å². The van der Waals surface area contributed by atoms with E-state index < -0.39 is 0 Å². The zero-order valence-electron chi connectivity index (χ0n) is 17.4. The number of rotatable bonds is 5. The number of halogens is 1. The monoisotopic (exact) mass is 427 g/mol. The number of aromatic nitrogens is 3. The molecule has 3 aromatic rings. The van der Waals surface area contributed by atoms with Crippen LogP contribution in [0.2, 0.25) is 5.02 Å². The Morgan fingerprint density at radius 3 is 2.67 bits per heavy atom. The Labute approximate surface area is 180 Å². The largest absolute Gasteiger partial charge is 0.373 e. The van der Waals surface area contributed by atoms with Crippen molar-refractivity contribution in [2.24, 2.45) is 0 Å². The number of carbonyl (C=O) groups excluding carboxylic acids is 1. The molecule has 30 heavy (non-hydrogen) atoms. The average molecular weight is 428 g/mol. The van der Waals surface area contributed by atoms with Crippen LogP contribution in [0.25, 0.3) is 10.9 Å². The number of aromatic amines is 1. The molecular weight excluding hydrogens is 402 g/mol. The summed E-state index contributed by atoms with van der Waals surface area (Å²) in [6.07, 6.45) is 5.71. The van der Waals surface area contributed by atoms with Gasteiger partial charge < -0.3 is 15.0 Å². The summed E-state index contributed by atoms with van der Waals surface area (Å²) >= 11 is 6.49. The van der Waals surface area contributed by atoms with Crippen molar-refractivity contribution < 1.29 is 9.53 Å². The fraction of sp³-hybridized carbons (Fsp3) is 0.409. The molecule has 1 amide bonds. The second-order valence-corrected chi connectivity index (χ2v) is 8.24. The van der Waals surface area contributed by atoms with Crippen LogP contribution in [0.1, 0.15) is 41.6 Å². The summed E-state index contributed by atoms with van der Waals surface area (Å²) in [5, 5.41) is 4.36. The molecule has 3 unspecified atom stereocenters. The predicted molar refractivity (Wildman–Crippen MR) is 117 cm³/mol. The number of fused-ring (bicyclic) bond motifs is 1. The zero-order chi connectivity index (χ0) is 21.3. The lowest BCUT2D eigenvalue weighted by atomic mass is 10.1. The lowest BCUT2D eigenvalue weighted by molar-refractivity contribution is -0.0805. The van der Waals surface area contributed by atoms with Gasteiger partial charge in [-0.3, -0.25) is 9.69 Å². The van der Waals surface area contributed by atoms with Crippen molar-refractivity contribution in [1.29, 1.82) is 0 Å². The summed E-state index contributed by atoms with van der Waals surface area (Å²) < 4.78 is 5.88. The molecule has 0 aliphatic carbocycles. The van der Waals surface area contributed by atoms with Gasteiger partial charge in [0.1, 0.15) is 5.82 Å². The van der Waals surface area contributed by atoms with Crippen molar-refractivity contribution in [3.8, 4) is 0 Å². The number of morpholine rings is 1. The van der Waals surface area contributed by atoms with E-state index in [1.807, 2.05) is 37.6 Å². The van der Waals surface area contributed by atoms with E-state index in [2.05, 4.69) is 39.0 Å². The van der Waals surface area contributed by atoms with E-state index in [1.54, 1.807) is 6.07 Å². The van der Waals surface area contributed by atoms with Crippen LogP contribution < -0.4 is 5.32 Å². The molecule has 4 rings (SSSR count). The molecule has 1 aromatic carbocycles. The third kappa shape index (κ3) is 4.33. The Morgan fingerprint density at radius 1 is 1.27 bits per heavy atom. The highest BCUT2D eigenvalue weighted by Gasteiger charge is 2.30. The zero-order valence-corrected chi connectivity index (χ0v) is 18.1. The molecular formula is C22H26ClN5O2. The van der Waals surface area contributed by atoms with Crippen molar-refractivity contribution in [1.82, 2.24) is 25.2 Å². The van der Waals surface area contributed by atoms with Crippen molar-refractivity contribution in [3.63, 3.8) is 0 Å². The first-order valence-corrected chi connectivity index (χ1v) is 10.5. The Kier molecular flexibility index (Phi) is 6.04. The van der Waals surface area contributed by atoms with Gasteiger partial charge in [-0.15, -0.1) is 0 Å². The van der Waals surface area contributed by atoms with Crippen LogP contribution >= 0.6 is 11.6 Å². The van der Waals surface area contributed by atoms with Gasteiger partial charge in [-0.1, -0.05) is 11.6 Å². The van der Waals surface area contributed by atoms with Crippen molar-refractivity contribution in [2.75, 3.05) is 19.6 Å². The average Bonchev–Trinajstić information content (AvgIpc) is 3.19. The molecule has 7 nitrogen and oxygen atoms in total. The van der Waals surface area contributed by atoms with Crippen LogP contribution in [0, 0.1) is 6.92 Å². The SMILES string of the molecule is Cc1ncc(C(CNC(=O)c2ccc3[nH]ccc3c2Cl)N2CC(C)OC(C)C2)cn1. The maximum atomic E-state index is 13.0. The lowest BCUT2D eigenvalue weighted by Gasteiger charge is -2.40. The van der Waals surface area contributed by atoms with Crippen LogP contribution in [0.3, 0.4) is 0 Å². The lowest BCUT2D eigenvalue weighted by Crippen LogP contribution is -2.49. The molecule has 1 fully saturated rings. The minimum Gasteiger partial charge on any atom is -0.373 e. The second-order valence-electron chi connectivity index (χ2n) is 7.87. The van der Waals surface area contributed by atoms with Gasteiger partial charge in [-0.05, 0) is 39.0 Å². The second kappa shape index (κ2) is 8.71. The summed E-state index contributed by atoms with van der Waals surface area (Å²) in [6.45, 7) is 7.96. The highest BCUT2D eigenvalue weighted by Crippen LogP contribution is 2.27. The molecule has 2 N–H and O–H groups in total. The first kappa shape index (κ1) is 20.8. The van der Waals surface area contributed by atoms with Gasteiger partial charge in [0.15, 0.2) is 0 Å². The van der Waals surface area contributed by atoms with E-state index in [0.29, 0.717) is 17.1 Å². The summed E-state index contributed by atoms with van der Waals surface area (Å²) in [7, 11) is 0. The Balaban J connectivity index is 1.55. The van der Waals surface area contributed by atoms with E-state index in [-0.39, 0.29) is 24.2 Å². The molecule has 1 saturated heterocycles. The number of nitrogens with zero attached hydrogens (tertiary/aromatic N) is 3. The van der Waals surface area contributed by atoms with E-state index in [9.17, 15) is 4.79 Å². The predicted octanol–water partition coefficient (Wildman–Crippen LogP) is 3.50. The highest BCUT2D eigenvalue weighted by atomic mass is 35.5. The number of hydrogen-bond acceptors (Lipinski definition) is 5.